The largest absolute Gasteiger partial charge is 0.313 e. The Hall–Kier alpha value is -0.260. The Morgan fingerprint density at radius 2 is 2.11 bits per heavy atom. The van der Waals surface area contributed by atoms with Gasteiger partial charge in [-0.2, -0.15) is 5.10 Å². The Labute approximate surface area is 123 Å². The summed E-state index contributed by atoms with van der Waals surface area (Å²) in [7, 11) is 0. The van der Waals surface area contributed by atoms with Gasteiger partial charge in [-0.05, 0) is 56.4 Å². The van der Waals surface area contributed by atoms with Crippen molar-refractivity contribution in [1.82, 2.24) is 5.20 Å². The number of nitrogens with one attached hydrogen (secondary N) is 1. The molecule has 2 rings (SSSR count). The van der Waals surface area contributed by atoms with Crippen LogP contribution in [0.1, 0.15) is 37.1 Å². The lowest BCUT2D eigenvalue weighted by molar-refractivity contribution is 0.259. The van der Waals surface area contributed by atoms with Crippen molar-refractivity contribution in [2.75, 3.05) is 13.2 Å². The van der Waals surface area contributed by atoms with Gasteiger partial charge in [0.2, 0.25) is 0 Å². The Bertz CT molecular complexity index is 492. The molecular formula is C12H19N2O2PS2. The van der Waals surface area contributed by atoms with E-state index in [9.17, 15) is 0 Å². The molecule has 0 atom stereocenters. The quantitative estimate of drug-likeness (QED) is 0.642. The van der Waals surface area contributed by atoms with Gasteiger partial charge in [-0.25, -0.2) is 5.20 Å². The minimum absolute atomic E-state index is 0.527. The SMILES string of the molecule is CCOP(=S)(N/N=C1/CCCc2sccc21)OCC. The average molecular weight is 318 g/mol. The first-order valence-electron chi connectivity index (χ1n) is 6.48. The lowest BCUT2D eigenvalue weighted by Crippen LogP contribution is -2.16. The minimum atomic E-state index is -2.48. The molecule has 1 aromatic rings. The molecule has 4 nitrogen and oxygen atoms in total. The van der Waals surface area contributed by atoms with Crippen molar-refractivity contribution in [2.45, 2.75) is 33.1 Å². The van der Waals surface area contributed by atoms with Crippen LogP contribution in [0.25, 0.3) is 0 Å². The zero-order chi connectivity index (χ0) is 13.7. The molecule has 0 amide bonds. The van der Waals surface area contributed by atoms with Gasteiger partial charge in [-0.1, -0.05) is 0 Å². The summed E-state index contributed by atoms with van der Waals surface area (Å²) in [6.07, 6.45) is 3.27. The van der Waals surface area contributed by atoms with E-state index in [2.05, 4.69) is 21.7 Å². The van der Waals surface area contributed by atoms with Crippen LogP contribution in [0.3, 0.4) is 0 Å². The normalized spacial score (nSPS) is 17.5. The zero-order valence-electron chi connectivity index (χ0n) is 11.2. The highest BCUT2D eigenvalue weighted by Crippen LogP contribution is 2.44. The highest BCUT2D eigenvalue weighted by Gasteiger charge is 2.20. The van der Waals surface area contributed by atoms with Crippen molar-refractivity contribution in [2.24, 2.45) is 5.10 Å². The van der Waals surface area contributed by atoms with Crippen molar-refractivity contribution in [3.63, 3.8) is 0 Å². The van der Waals surface area contributed by atoms with Crippen LogP contribution in [0.5, 0.6) is 0 Å². The second-order valence-corrected chi connectivity index (χ2v) is 8.26. The smallest absolute Gasteiger partial charge is 0.303 e. The van der Waals surface area contributed by atoms with E-state index in [1.807, 2.05) is 13.8 Å². The number of hydrogen-bond acceptors (Lipinski definition) is 5. The molecule has 1 heterocycles. The lowest BCUT2D eigenvalue weighted by Gasteiger charge is -2.21. The molecule has 0 saturated heterocycles. The number of aryl methyl sites for hydroxylation is 1. The van der Waals surface area contributed by atoms with Crippen LogP contribution in [0.15, 0.2) is 16.5 Å². The predicted molar refractivity (Wildman–Crippen MR) is 84.5 cm³/mol. The van der Waals surface area contributed by atoms with Crippen LogP contribution >= 0.6 is 18.0 Å². The van der Waals surface area contributed by atoms with Gasteiger partial charge in [0, 0.05) is 10.4 Å². The fourth-order valence-corrected chi connectivity index (χ4v) is 4.83. The molecule has 7 heteroatoms. The summed E-state index contributed by atoms with van der Waals surface area (Å²) in [5, 5.41) is 9.56. The molecule has 0 bridgehead atoms. The van der Waals surface area contributed by atoms with Crippen LogP contribution < -0.4 is 5.20 Å². The molecule has 1 N–H and O–H groups in total. The third-order valence-corrected chi connectivity index (χ3v) is 6.18. The summed E-state index contributed by atoms with van der Waals surface area (Å²) in [6, 6.07) is 2.13. The summed E-state index contributed by atoms with van der Waals surface area (Å²) in [5.41, 5.74) is 2.31. The minimum Gasteiger partial charge on any atom is -0.313 e. The van der Waals surface area contributed by atoms with Crippen LogP contribution in [-0.2, 0) is 27.3 Å². The highest BCUT2D eigenvalue weighted by molar-refractivity contribution is 8.08. The Morgan fingerprint density at radius 3 is 2.79 bits per heavy atom. The van der Waals surface area contributed by atoms with Gasteiger partial charge in [0.15, 0.2) is 0 Å². The van der Waals surface area contributed by atoms with E-state index in [0.29, 0.717) is 13.2 Å². The van der Waals surface area contributed by atoms with Gasteiger partial charge in [0.05, 0.1) is 18.9 Å². The third-order valence-electron chi connectivity index (χ3n) is 2.78. The van der Waals surface area contributed by atoms with E-state index in [0.717, 1.165) is 25.0 Å². The van der Waals surface area contributed by atoms with Crippen LogP contribution in [-0.4, -0.2) is 18.9 Å². The van der Waals surface area contributed by atoms with E-state index < -0.39 is 6.64 Å². The topological polar surface area (TPSA) is 42.8 Å². The van der Waals surface area contributed by atoms with Crippen molar-refractivity contribution < 1.29 is 9.05 Å². The van der Waals surface area contributed by atoms with Crippen LogP contribution in [0, 0.1) is 0 Å². The summed E-state index contributed by atoms with van der Waals surface area (Å²) in [5.74, 6) is 0. The van der Waals surface area contributed by atoms with Gasteiger partial charge in [-0.3, -0.25) is 0 Å². The summed E-state index contributed by atoms with van der Waals surface area (Å²) in [4.78, 5) is 1.41. The van der Waals surface area contributed by atoms with Gasteiger partial charge in [0.25, 0.3) is 0 Å². The van der Waals surface area contributed by atoms with E-state index in [-0.39, 0.29) is 0 Å². The Balaban J connectivity index is 2.12. The maximum Gasteiger partial charge on any atom is 0.303 e. The highest BCUT2D eigenvalue weighted by atomic mass is 32.5. The maximum atomic E-state index is 5.52. The van der Waals surface area contributed by atoms with Crippen molar-refractivity contribution in [3.05, 3.63) is 21.9 Å². The van der Waals surface area contributed by atoms with E-state index >= 15 is 0 Å². The third kappa shape index (κ3) is 3.86. The number of hydrogen-bond donors (Lipinski definition) is 1. The molecule has 0 fully saturated rings. The molecule has 1 aromatic heterocycles. The maximum absolute atomic E-state index is 5.52. The fraction of sp³-hybridized carbons (Fsp3) is 0.583. The Morgan fingerprint density at radius 1 is 1.37 bits per heavy atom. The molecule has 0 unspecified atom stereocenters. The zero-order valence-corrected chi connectivity index (χ0v) is 13.7. The number of hydrazone groups is 1. The second kappa shape index (κ2) is 6.95. The molecule has 19 heavy (non-hydrogen) atoms. The van der Waals surface area contributed by atoms with Crippen molar-refractivity contribution in [3.8, 4) is 0 Å². The van der Waals surface area contributed by atoms with Crippen LogP contribution in [0.4, 0.5) is 0 Å². The summed E-state index contributed by atoms with van der Waals surface area (Å²) < 4.78 is 11.0. The van der Waals surface area contributed by atoms with Crippen molar-refractivity contribution in [1.29, 1.82) is 0 Å². The van der Waals surface area contributed by atoms with Gasteiger partial charge < -0.3 is 9.05 Å². The molecule has 106 valence electrons. The summed E-state index contributed by atoms with van der Waals surface area (Å²) >= 11 is 7.19. The number of nitrogens with zero attached hydrogens (tertiary/aromatic N) is 1. The average Bonchev–Trinajstić information content (AvgIpc) is 2.85. The molecule has 0 aromatic carbocycles. The first-order valence-corrected chi connectivity index (χ1v) is 10.00. The van der Waals surface area contributed by atoms with E-state index in [1.54, 1.807) is 11.3 Å². The monoisotopic (exact) mass is 318 g/mol. The van der Waals surface area contributed by atoms with E-state index in [4.69, 9.17) is 20.9 Å². The van der Waals surface area contributed by atoms with Gasteiger partial charge >= 0.3 is 6.64 Å². The second-order valence-electron chi connectivity index (χ2n) is 4.10. The molecular weight excluding hydrogens is 299 g/mol. The van der Waals surface area contributed by atoms with Crippen LogP contribution in [0.2, 0.25) is 0 Å². The van der Waals surface area contributed by atoms with E-state index in [1.165, 1.54) is 10.4 Å². The first kappa shape index (κ1) is 15.1. The lowest BCUT2D eigenvalue weighted by atomic mass is 9.97. The number of fused-ring (bicyclic) bond motifs is 1. The standard InChI is InChI=1S/C12H19N2O2PS2/c1-3-15-17(18,16-4-2)14-13-11-6-5-7-12-10(11)8-9-19-12/h8-9H,3-7H2,1-2H3,(H,14,18)/b13-11-. The summed E-state index contributed by atoms with van der Waals surface area (Å²) in [6.45, 7) is 2.39. The van der Waals surface area contributed by atoms with Crippen molar-refractivity contribution >= 4 is 35.5 Å². The fourth-order valence-electron chi connectivity index (χ4n) is 2.02. The van der Waals surface area contributed by atoms with Gasteiger partial charge in [-0.15, -0.1) is 11.3 Å². The molecule has 0 saturated carbocycles. The van der Waals surface area contributed by atoms with Gasteiger partial charge in [0.1, 0.15) is 0 Å². The number of thiophene rings is 1. The molecule has 1 aliphatic carbocycles. The molecule has 0 aliphatic heterocycles. The molecule has 0 radical (unpaired) electrons. The Kier molecular flexibility index (Phi) is 5.54. The molecule has 1 aliphatic rings. The number of rotatable bonds is 6. The first-order chi connectivity index (χ1) is 9.18. The molecule has 0 spiro atoms. The predicted octanol–water partition coefficient (Wildman–Crippen LogP) is 3.68.